The lowest BCUT2D eigenvalue weighted by Crippen LogP contribution is -2.38. The van der Waals surface area contributed by atoms with Crippen molar-refractivity contribution in [3.05, 3.63) is 34.9 Å². The van der Waals surface area contributed by atoms with E-state index in [-0.39, 0.29) is 0 Å². The highest BCUT2D eigenvalue weighted by molar-refractivity contribution is 5.29. The molecule has 1 aromatic rings. The number of hydrogen-bond acceptors (Lipinski definition) is 2. The molecule has 2 heteroatoms. The van der Waals surface area contributed by atoms with Crippen LogP contribution in [-0.4, -0.2) is 6.04 Å². The molecule has 0 saturated heterocycles. The lowest BCUT2D eigenvalue weighted by molar-refractivity contribution is 0.298. The normalized spacial score (nSPS) is 18.5. The first-order valence-electron chi connectivity index (χ1n) is 7.70. The topological polar surface area (TPSA) is 38.0 Å². The third-order valence-electron chi connectivity index (χ3n) is 4.34. The smallest absolute Gasteiger partial charge is 0.0253 e. The van der Waals surface area contributed by atoms with Gasteiger partial charge in [-0.2, -0.15) is 0 Å². The molecule has 0 amide bonds. The van der Waals surface area contributed by atoms with Gasteiger partial charge in [-0.3, -0.25) is 11.3 Å². The summed E-state index contributed by atoms with van der Waals surface area (Å²) >= 11 is 0. The van der Waals surface area contributed by atoms with Crippen LogP contribution in [0.1, 0.15) is 55.2 Å². The van der Waals surface area contributed by atoms with Gasteiger partial charge in [0.2, 0.25) is 0 Å². The van der Waals surface area contributed by atoms with E-state index >= 15 is 0 Å². The van der Waals surface area contributed by atoms with E-state index in [2.05, 4.69) is 37.5 Å². The molecule has 0 bridgehead atoms. The highest BCUT2D eigenvalue weighted by Crippen LogP contribution is 2.28. The molecule has 1 unspecified atom stereocenters. The molecule has 1 aliphatic carbocycles. The molecule has 19 heavy (non-hydrogen) atoms. The van der Waals surface area contributed by atoms with Crippen molar-refractivity contribution in [1.29, 1.82) is 0 Å². The minimum absolute atomic E-state index is 0.421. The first-order chi connectivity index (χ1) is 9.17. The summed E-state index contributed by atoms with van der Waals surface area (Å²) in [6.45, 7) is 4.34. The molecule has 106 valence electrons. The van der Waals surface area contributed by atoms with Crippen LogP contribution in [0.4, 0.5) is 0 Å². The van der Waals surface area contributed by atoms with Gasteiger partial charge in [-0.05, 0) is 38.2 Å². The number of hydrazine groups is 1. The van der Waals surface area contributed by atoms with Gasteiger partial charge in [-0.1, -0.05) is 61.4 Å². The fourth-order valence-corrected chi connectivity index (χ4v) is 3.51. The Kier molecular flexibility index (Phi) is 5.41. The zero-order chi connectivity index (χ0) is 13.7. The lowest BCUT2D eigenvalue weighted by atomic mass is 9.83. The molecule has 2 nitrogen and oxygen atoms in total. The van der Waals surface area contributed by atoms with Gasteiger partial charge in [0, 0.05) is 6.04 Å². The molecule has 0 spiro atoms. The van der Waals surface area contributed by atoms with Gasteiger partial charge in [0.05, 0.1) is 0 Å². The third-order valence-corrected chi connectivity index (χ3v) is 4.34. The molecule has 1 aromatic carbocycles. The van der Waals surface area contributed by atoms with E-state index in [0.29, 0.717) is 6.04 Å². The largest absolute Gasteiger partial charge is 0.271 e. The van der Waals surface area contributed by atoms with Crippen LogP contribution in [0.15, 0.2) is 18.2 Å². The number of rotatable bonds is 5. The zero-order valence-electron chi connectivity index (χ0n) is 12.4. The second kappa shape index (κ2) is 7.06. The first-order valence-corrected chi connectivity index (χ1v) is 7.70. The molecule has 1 aliphatic rings. The number of aryl methyl sites for hydroxylation is 2. The number of benzene rings is 1. The minimum Gasteiger partial charge on any atom is -0.271 e. The van der Waals surface area contributed by atoms with Gasteiger partial charge in [0.1, 0.15) is 0 Å². The summed E-state index contributed by atoms with van der Waals surface area (Å²) in [7, 11) is 0. The van der Waals surface area contributed by atoms with Gasteiger partial charge in [-0.15, -0.1) is 0 Å². The minimum atomic E-state index is 0.421. The van der Waals surface area contributed by atoms with Crippen molar-refractivity contribution in [3.8, 4) is 0 Å². The van der Waals surface area contributed by atoms with Crippen molar-refractivity contribution in [1.82, 2.24) is 5.43 Å². The number of nitrogens with one attached hydrogen (secondary N) is 1. The summed E-state index contributed by atoms with van der Waals surface area (Å²) in [6, 6.07) is 7.23. The van der Waals surface area contributed by atoms with Gasteiger partial charge in [0.15, 0.2) is 0 Å². The van der Waals surface area contributed by atoms with Gasteiger partial charge < -0.3 is 0 Å². The summed E-state index contributed by atoms with van der Waals surface area (Å²) in [5.41, 5.74) is 7.15. The van der Waals surface area contributed by atoms with E-state index < -0.39 is 0 Å². The quantitative estimate of drug-likeness (QED) is 0.626. The molecule has 0 radical (unpaired) electrons. The summed E-state index contributed by atoms with van der Waals surface area (Å²) < 4.78 is 0. The van der Waals surface area contributed by atoms with Crippen LogP contribution < -0.4 is 11.3 Å². The Morgan fingerprint density at radius 2 is 1.74 bits per heavy atom. The summed E-state index contributed by atoms with van der Waals surface area (Å²) in [4.78, 5) is 0. The second-order valence-electron chi connectivity index (χ2n) is 6.30. The molecular formula is C17H28N2. The molecule has 2 rings (SSSR count). The summed E-state index contributed by atoms with van der Waals surface area (Å²) in [6.07, 6.45) is 9.31. The van der Waals surface area contributed by atoms with Crippen LogP contribution >= 0.6 is 0 Å². The lowest BCUT2D eigenvalue weighted by Gasteiger charge is -2.26. The maximum absolute atomic E-state index is 5.76. The SMILES string of the molecule is Cc1cc(C)cc(CC(CC2CCCCC2)NN)c1. The molecule has 1 atom stereocenters. The number of nitrogens with two attached hydrogens (primary N) is 1. The molecular weight excluding hydrogens is 232 g/mol. The second-order valence-corrected chi connectivity index (χ2v) is 6.30. The van der Waals surface area contributed by atoms with E-state index in [1.165, 1.54) is 55.2 Å². The maximum Gasteiger partial charge on any atom is 0.0253 e. The number of hydrogen-bond donors (Lipinski definition) is 2. The van der Waals surface area contributed by atoms with E-state index in [0.717, 1.165) is 12.3 Å². The highest BCUT2D eigenvalue weighted by atomic mass is 15.2. The van der Waals surface area contributed by atoms with Crippen LogP contribution in [0.25, 0.3) is 0 Å². The van der Waals surface area contributed by atoms with Gasteiger partial charge >= 0.3 is 0 Å². The summed E-state index contributed by atoms with van der Waals surface area (Å²) in [5.74, 6) is 6.64. The van der Waals surface area contributed by atoms with Gasteiger partial charge in [0.25, 0.3) is 0 Å². The zero-order valence-corrected chi connectivity index (χ0v) is 12.4. The molecule has 1 saturated carbocycles. The van der Waals surface area contributed by atoms with Crippen LogP contribution in [0, 0.1) is 19.8 Å². The third kappa shape index (κ3) is 4.63. The average molecular weight is 260 g/mol. The Hall–Kier alpha value is -0.860. The van der Waals surface area contributed by atoms with Crippen molar-refractivity contribution in [2.45, 2.75) is 64.8 Å². The van der Waals surface area contributed by atoms with Crippen molar-refractivity contribution < 1.29 is 0 Å². The molecule has 0 aliphatic heterocycles. The molecule has 1 fully saturated rings. The van der Waals surface area contributed by atoms with Crippen LogP contribution in [0.2, 0.25) is 0 Å². The van der Waals surface area contributed by atoms with Crippen LogP contribution in [-0.2, 0) is 6.42 Å². The Bertz CT molecular complexity index is 374. The summed E-state index contributed by atoms with van der Waals surface area (Å²) in [5, 5.41) is 0. The highest BCUT2D eigenvalue weighted by Gasteiger charge is 2.18. The van der Waals surface area contributed by atoms with E-state index in [1.807, 2.05) is 0 Å². The molecule has 3 N–H and O–H groups in total. The average Bonchev–Trinajstić information content (AvgIpc) is 2.38. The Morgan fingerprint density at radius 1 is 1.11 bits per heavy atom. The van der Waals surface area contributed by atoms with Crippen LogP contribution in [0.3, 0.4) is 0 Å². The predicted molar refractivity (Wildman–Crippen MR) is 81.9 cm³/mol. The standard InChI is InChI=1S/C17H28N2/c1-13-8-14(2)10-16(9-13)12-17(19-18)11-15-6-4-3-5-7-15/h8-10,15,17,19H,3-7,11-12,18H2,1-2H3. The first kappa shape index (κ1) is 14.5. The Labute approximate surface area is 117 Å². The fraction of sp³-hybridized carbons (Fsp3) is 0.647. The predicted octanol–water partition coefficient (Wildman–Crippen LogP) is 3.65. The van der Waals surface area contributed by atoms with Crippen molar-refractivity contribution in [2.75, 3.05) is 0 Å². The monoisotopic (exact) mass is 260 g/mol. The Morgan fingerprint density at radius 3 is 2.32 bits per heavy atom. The van der Waals surface area contributed by atoms with E-state index in [9.17, 15) is 0 Å². The van der Waals surface area contributed by atoms with Crippen molar-refractivity contribution in [2.24, 2.45) is 11.8 Å². The molecule has 0 heterocycles. The fourth-order valence-electron chi connectivity index (χ4n) is 3.51. The van der Waals surface area contributed by atoms with Crippen molar-refractivity contribution >= 4 is 0 Å². The van der Waals surface area contributed by atoms with E-state index in [1.54, 1.807) is 0 Å². The maximum atomic E-state index is 5.76. The molecule has 0 aromatic heterocycles. The van der Waals surface area contributed by atoms with Gasteiger partial charge in [-0.25, -0.2) is 0 Å². The van der Waals surface area contributed by atoms with Crippen LogP contribution in [0.5, 0.6) is 0 Å². The Balaban J connectivity index is 1.93. The van der Waals surface area contributed by atoms with Crippen molar-refractivity contribution in [3.63, 3.8) is 0 Å². The van der Waals surface area contributed by atoms with E-state index in [4.69, 9.17) is 5.84 Å².